The third-order valence-electron chi connectivity index (χ3n) is 13.3. The first kappa shape index (κ1) is 66.7. The van der Waals surface area contributed by atoms with E-state index in [-0.39, 0.29) is 12.5 Å². The van der Waals surface area contributed by atoms with Gasteiger partial charge in [-0.3, -0.25) is 9.36 Å². The molecular weight excluding hydrogens is 864 g/mol. The van der Waals surface area contributed by atoms with Crippen molar-refractivity contribution in [3.05, 3.63) is 36.5 Å². The topological polar surface area (TPSA) is 108 Å². The molecule has 0 heterocycles. The molecule has 3 atom stereocenters. The van der Waals surface area contributed by atoms with Gasteiger partial charge in [0.05, 0.1) is 39.9 Å². The SMILES string of the molecule is CCCCCCCCCCCCCCCCCCCCCCC/C=C/CC/C=C/CC/C=C/C(O)C(COP(=O)([O-])OCC[N+](C)(C)C)NC(=O)CCCCCCCCCCCCCCCCC. The van der Waals surface area contributed by atoms with E-state index in [4.69, 9.17) is 9.05 Å². The van der Waals surface area contributed by atoms with Crippen LogP contribution in [0.3, 0.4) is 0 Å². The molecule has 0 aromatic rings. The molecule has 8 nitrogen and oxygen atoms in total. The molecule has 0 aliphatic rings. The summed E-state index contributed by atoms with van der Waals surface area (Å²) in [5.74, 6) is -0.208. The van der Waals surface area contributed by atoms with Gasteiger partial charge >= 0.3 is 0 Å². The highest BCUT2D eigenvalue weighted by Gasteiger charge is 2.23. The molecule has 0 aliphatic heterocycles. The third-order valence-corrected chi connectivity index (χ3v) is 14.3. The molecule has 2 N–H and O–H groups in total. The van der Waals surface area contributed by atoms with Crippen LogP contribution in [0.1, 0.15) is 284 Å². The summed E-state index contributed by atoms with van der Waals surface area (Å²) in [6.07, 6.45) is 65.3. The summed E-state index contributed by atoms with van der Waals surface area (Å²) < 4.78 is 23.3. The quantitative estimate of drug-likeness (QED) is 0.0272. The number of carbonyl (C=O) groups is 1. The maximum Gasteiger partial charge on any atom is 0.268 e. The second-order valence-electron chi connectivity index (χ2n) is 21.3. The van der Waals surface area contributed by atoms with Crippen LogP contribution in [0.4, 0.5) is 0 Å². The van der Waals surface area contributed by atoms with Gasteiger partial charge in [0.25, 0.3) is 7.82 Å². The van der Waals surface area contributed by atoms with E-state index in [1.807, 2.05) is 27.2 Å². The number of rotatable bonds is 54. The molecule has 0 aliphatic carbocycles. The first-order valence-corrected chi connectivity index (χ1v) is 30.8. The minimum atomic E-state index is -4.60. The molecule has 0 bridgehead atoms. The van der Waals surface area contributed by atoms with Gasteiger partial charge in [-0.1, -0.05) is 269 Å². The lowest BCUT2D eigenvalue weighted by Gasteiger charge is -2.29. The number of allylic oxidation sites excluding steroid dienone is 5. The largest absolute Gasteiger partial charge is 0.756 e. The van der Waals surface area contributed by atoms with E-state index in [9.17, 15) is 19.4 Å². The Morgan fingerprint density at radius 1 is 0.500 bits per heavy atom. The van der Waals surface area contributed by atoms with E-state index in [1.54, 1.807) is 6.08 Å². The van der Waals surface area contributed by atoms with Crippen molar-refractivity contribution in [2.45, 2.75) is 296 Å². The molecule has 0 rings (SSSR count). The Hall–Kier alpha value is -1.28. The monoisotopic (exact) mass is 979 g/mol. The Bertz CT molecular complexity index is 1200. The lowest BCUT2D eigenvalue weighted by molar-refractivity contribution is -0.870. The van der Waals surface area contributed by atoms with Crippen LogP contribution in [0.5, 0.6) is 0 Å². The highest BCUT2D eigenvalue weighted by atomic mass is 31.2. The number of aliphatic hydroxyl groups excluding tert-OH is 1. The number of phosphoric acid groups is 1. The molecule has 0 aromatic carbocycles. The van der Waals surface area contributed by atoms with Crippen LogP contribution in [0, 0.1) is 0 Å². The van der Waals surface area contributed by atoms with Crippen molar-refractivity contribution in [1.29, 1.82) is 0 Å². The summed E-state index contributed by atoms with van der Waals surface area (Å²) in [4.78, 5) is 25.4. The van der Waals surface area contributed by atoms with Gasteiger partial charge in [0.2, 0.25) is 5.91 Å². The number of likely N-dealkylation sites (N-methyl/N-ethyl adjacent to an activating group) is 1. The Balaban J connectivity index is 4.17. The van der Waals surface area contributed by atoms with Gasteiger partial charge in [-0.2, -0.15) is 0 Å². The van der Waals surface area contributed by atoms with E-state index in [1.165, 1.54) is 218 Å². The fourth-order valence-corrected chi connectivity index (χ4v) is 9.44. The number of nitrogens with one attached hydrogen (secondary N) is 1. The summed E-state index contributed by atoms with van der Waals surface area (Å²) in [5, 5.41) is 13.8. The number of carbonyl (C=O) groups excluding carboxylic acids is 1. The predicted molar refractivity (Wildman–Crippen MR) is 293 cm³/mol. The van der Waals surface area contributed by atoms with Crippen LogP contribution in [0.2, 0.25) is 0 Å². The average molecular weight is 980 g/mol. The number of quaternary nitrogens is 1. The zero-order chi connectivity index (χ0) is 49.9. The van der Waals surface area contributed by atoms with Crippen molar-refractivity contribution in [3.63, 3.8) is 0 Å². The summed E-state index contributed by atoms with van der Waals surface area (Å²) in [5.41, 5.74) is 0. The minimum absolute atomic E-state index is 0.00750. The Kier molecular flexibility index (Phi) is 49.7. The van der Waals surface area contributed by atoms with E-state index in [0.717, 1.165) is 44.9 Å². The lowest BCUT2D eigenvalue weighted by atomic mass is 10.0. The van der Waals surface area contributed by atoms with Crippen LogP contribution >= 0.6 is 7.82 Å². The lowest BCUT2D eigenvalue weighted by Crippen LogP contribution is -2.45. The highest BCUT2D eigenvalue weighted by molar-refractivity contribution is 7.45. The molecular formula is C59H115N2O6P. The van der Waals surface area contributed by atoms with Gasteiger partial charge in [-0.05, 0) is 44.9 Å². The van der Waals surface area contributed by atoms with Gasteiger partial charge < -0.3 is 28.8 Å². The van der Waals surface area contributed by atoms with Crippen molar-refractivity contribution < 1.29 is 32.9 Å². The Morgan fingerprint density at radius 2 is 0.824 bits per heavy atom. The predicted octanol–water partition coefficient (Wildman–Crippen LogP) is 17.1. The molecule has 0 fully saturated rings. The molecule has 0 saturated carbocycles. The molecule has 402 valence electrons. The summed E-state index contributed by atoms with van der Waals surface area (Å²) in [6, 6.07) is -0.907. The maximum absolute atomic E-state index is 12.9. The molecule has 1 amide bonds. The molecule has 0 saturated heterocycles. The fraction of sp³-hybridized carbons (Fsp3) is 0.881. The van der Waals surface area contributed by atoms with Crippen LogP contribution in [0.25, 0.3) is 0 Å². The number of amides is 1. The fourth-order valence-electron chi connectivity index (χ4n) is 8.72. The van der Waals surface area contributed by atoms with Gasteiger partial charge in [-0.15, -0.1) is 0 Å². The molecule has 0 spiro atoms. The summed E-state index contributed by atoms with van der Waals surface area (Å²) >= 11 is 0. The first-order chi connectivity index (χ1) is 33.0. The average Bonchev–Trinajstić information content (AvgIpc) is 3.30. The van der Waals surface area contributed by atoms with Crippen molar-refractivity contribution >= 4 is 13.7 Å². The molecule has 3 unspecified atom stereocenters. The second-order valence-corrected chi connectivity index (χ2v) is 22.8. The number of phosphoric ester groups is 1. The second kappa shape index (κ2) is 50.7. The minimum Gasteiger partial charge on any atom is -0.756 e. The van der Waals surface area contributed by atoms with E-state index in [0.29, 0.717) is 17.4 Å². The Morgan fingerprint density at radius 3 is 1.19 bits per heavy atom. The smallest absolute Gasteiger partial charge is 0.268 e. The summed E-state index contributed by atoms with van der Waals surface area (Å²) in [6.45, 7) is 4.65. The van der Waals surface area contributed by atoms with E-state index < -0.39 is 26.6 Å². The van der Waals surface area contributed by atoms with Crippen molar-refractivity contribution in [3.8, 4) is 0 Å². The van der Waals surface area contributed by atoms with Crippen LogP contribution in [-0.4, -0.2) is 68.5 Å². The maximum atomic E-state index is 12.9. The highest BCUT2D eigenvalue weighted by Crippen LogP contribution is 2.38. The third kappa shape index (κ3) is 52.5. The molecule has 9 heteroatoms. The van der Waals surface area contributed by atoms with E-state index >= 15 is 0 Å². The normalized spacial score (nSPS) is 14.2. The van der Waals surface area contributed by atoms with Gasteiger partial charge in [0, 0.05) is 6.42 Å². The zero-order valence-corrected chi connectivity index (χ0v) is 46.7. The zero-order valence-electron chi connectivity index (χ0n) is 45.8. The van der Waals surface area contributed by atoms with Crippen molar-refractivity contribution in [1.82, 2.24) is 5.32 Å². The number of hydrogen-bond acceptors (Lipinski definition) is 6. The number of unbranched alkanes of at least 4 members (excludes halogenated alkanes) is 37. The van der Waals surface area contributed by atoms with Crippen LogP contribution in [-0.2, 0) is 18.4 Å². The summed E-state index contributed by atoms with van der Waals surface area (Å²) in [7, 11) is 1.24. The standard InChI is InChI=1S/C59H115N2O6P/c1-6-8-10-12-14-16-18-20-22-23-24-25-26-27-28-29-30-31-32-33-34-35-36-37-39-40-42-44-46-48-50-52-58(62)57(56-67-68(64,65)66-55-54-61(3,4)5)60-59(63)53-51-49-47-45-43-41-38-21-19-17-15-13-11-9-7-2/h36-37,42,44,50,52,57-58,62H,6-35,38-41,43,45-49,51,53-56H2,1-5H3,(H-,60,63,64,65)/b37-36+,44-42+,52-50+. The van der Waals surface area contributed by atoms with Crippen molar-refractivity contribution in [2.75, 3.05) is 40.9 Å². The number of nitrogens with zero attached hydrogens (tertiary/aromatic N) is 1. The molecule has 0 radical (unpaired) electrons. The van der Waals surface area contributed by atoms with Crippen molar-refractivity contribution in [2.24, 2.45) is 0 Å². The van der Waals surface area contributed by atoms with E-state index in [2.05, 4.69) is 43.5 Å². The van der Waals surface area contributed by atoms with Crippen LogP contribution in [0.15, 0.2) is 36.5 Å². The van der Waals surface area contributed by atoms with Gasteiger partial charge in [-0.25, -0.2) is 0 Å². The number of aliphatic hydroxyl groups is 1. The van der Waals surface area contributed by atoms with Gasteiger partial charge in [0.1, 0.15) is 13.2 Å². The van der Waals surface area contributed by atoms with Gasteiger partial charge in [0.15, 0.2) is 0 Å². The first-order valence-electron chi connectivity index (χ1n) is 29.4. The number of hydrogen-bond donors (Lipinski definition) is 2. The molecule has 0 aromatic heterocycles. The van der Waals surface area contributed by atoms with Crippen LogP contribution < -0.4 is 10.2 Å². The molecule has 68 heavy (non-hydrogen) atoms. The Labute approximate surface area is 423 Å².